The highest BCUT2D eigenvalue weighted by Crippen LogP contribution is 2.19. The van der Waals surface area contributed by atoms with Gasteiger partial charge < -0.3 is 9.47 Å². The molecular formula is C9H12ClNO2S. The molecule has 5 heteroatoms. The Morgan fingerprint density at radius 3 is 2.71 bits per heavy atom. The number of hydrogen-bond acceptors (Lipinski definition) is 4. The molecule has 1 heterocycles. The van der Waals surface area contributed by atoms with E-state index in [1.54, 1.807) is 20.4 Å². The fourth-order valence-corrected chi connectivity index (χ4v) is 1.83. The summed E-state index contributed by atoms with van der Waals surface area (Å²) < 4.78 is 10.7. The minimum absolute atomic E-state index is 0.276. The molecule has 14 heavy (non-hydrogen) atoms. The van der Waals surface area contributed by atoms with Gasteiger partial charge >= 0.3 is 0 Å². The molecule has 0 aliphatic rings. The molecule has 3 nitrogen and oxygen atoms in total. The van der Waals surface area contributed by atoms with Crippen LogP contribution in [-0.2, 0) is 9.47 Å². The molecule has 0 aromatic carbocycles. The average Bonchev–Trinajstić information content (AvgIpc) is 2.59. The fraction of sp³-hybridized carbons (Fsp3) is 0.444. The molecular weight excluding hydrogens is 222 g/mol. The maximum absolute atomic E-state index is 5.76. The summed E-state index contributed by atoms with van der Waals surface area (Å²) in [6, 6.07) is 3.77. The Hall–Kier alpha value is -0.420. The second-order valence-corrected chi connectivity index (χ2v) is 4.28. The molecule has 0 radical (unpaired) electrons. The lowest BCUT2D eigenvalue weighted by atomic mass is 10.5. The Balaban J connectivity index is 2.40. The zero-order valence-corrected chi connectivity index (χ0v) is 9.64. The third-order valence-electron chi connectivity index (χ3n) is 1.59. The van der Waals surface area contributed by atoms with Crippen LogP contribution in [0.25, 0.3) is 0 Å². The Bertz CT molecular complexity index is 297. The van der Waals surface area contributed by atoms with Crippen LogP contribution < -0.4 is 0 Å². The van der Waals surface area contributed by atoms with Crippen molar-refractivity contribution in [1.82, 2.24) is 0 Å². The number of halogens is 1. The number of aliphatic imine (C=N–C) groups is 1. The summed E-state index contributed by atoms with van der Waals surface area (Å²) in [7, 11) is 3.18. The van der Waals surface area contributed by atoms with E-state index in [1.165, 1.54) is 11.3 Å². The van der Waals surface area contributed by atoms with Gasteiger partial charge in [-0.05, 0) is 12.1 Å². The van der Waals surface area contributed by atoms with E-state index in [4.69, 9.17) is 21.1 Å². The maximum atomic E-state index is 5.76. The van der Waals surface area contributed by atoms with Crippen molar-refractivity contribution in [3.05, 3.63) is 21.3 Å². The van der Waals surface area contributed by atoms with Gasteiger partial charge in [0.05, 0.1) is 10.9 Å². The second kappa shape index (κ2) is 6.14. The predicted molar refractivity (Wildman–Crippen MR) is 59.6 cm³/mol. The number of thiophene rings is 1. The zero-order valence-electron chi connectivity index (χ0n) is 8.07. The van der Waals surface area contributed by atoms with Crippen molar-refractivity contribution in [2.45, 2.75) is 6.29 Å². The van der Waals surface area contributed by atoms with Gasteiger partial charge in [0.15, 0.2) is 6.29 Å². The van der Waals surface area contributed by atoms with Crippen LogP contribution in [0.5, 0.6) is 0 Å². The van der Waals surface area contributed by atoms with E-state index >= 15 is 0 Å². The summed E-state index contributed by atoms with van der Waals surface area (Å²) in [5.74, 6) is 0. The minimum Gasteiger partial charge on any atom is -0.354 e. The summed E-state index contributed by atoms with van der Waals surface area (Å²) in [6.07, 6.45) is 1.49. The molecule has 78 valence electrons. The molecule has 0 saturated heterocycles. The van der Waals surface area contributed by atoms with Crippen LogP contribution in [0, 0.1) is 0 Å². The summed E-state index contributed by atoms with van der Waals surface area (Å²) >= 11 is 7.25. The summed E-state index contributed by atoms with van der Waals surface area (Å²) in [4.78, 5) is 5.20. The van der Waals surface area contributed by atoms with Crippen LogP contribution >= 0.6 is 22.9 Å². The van der Waals surface area contributed by atoms with Gasteiger partial charge in [0.2, 0.25) is 0 Å². The van der Waals surface area contributed by atoms with E-state index in [0.717, 1.165) is 9.21 Å². The molecule has 1 rings (SSSR count). The van der Waals surface area contributed by atoms with Crippen molar-refractivity contribution in [2.24, 2.45) is 4.99 Å². The van der Waals surface area contributed by atoms with E-state index in [2.05, 4.69) is 4.99 Å². The number of hydrogen-bond donors (Lipinski definition) is 0. The Morgan fingerprint density at radius 2 is 2.21 bits per heavy atom. The van der Waals surface area contributed by atoms with E-state index in [1.807, 2.05) is 12.1 Å². The van der Waals surface area contributed by atoms with Gasteiger partial charge in [0.1, 0.15) is 0 Å². The quantitative estimate of drug-likeness (QED) is 0.578. The fourth-order valence-electron chi connectivity index (χ4n) is 0.872. The first-order valence-electron chi connectivity index (χ1n) is 4.07. The smallest absolute Gasteiger partial charge is 0.176 e. The molecule has 0 aliphatic heterocycles. The van der Waals surface area contributed by atoms with E-state index in [9.17, 15) is 0 Å². The highest BCUT2D eigenvalue weighted by Gasteiger charge is 2.01. The van der Waals surface area contributed by atoms with Crippen LogP contribution in [0.3, 0.4) is 0 Å². The number of nitrogens with zero attached hydrogens (tertiary/aromatic N) is 1. The number of rotatable bonds is 5. The Morgan fingerprint density at radius 1 is 1.50 bits per heavy atom. The first kappa shape index (κ1) is 11.7. The van der Waals surface area contributed by atoms with Gasteiger partial charge in [-0.25, -0.2) is 0 Å². The summed E-state index contributed by atoms with van der Waals surface area (Å²) in [5, 5.41) is 0. The first-order chi connectivity index (χ1) is 6.76. The molecule has 0 atom stereocenters. The van der Waals surface area contributed by atoms with Crippen molar-refractivity contribution in [1.29, 1.82) is 0 Å². The van der Waals surface area contributed by atoms with Crippen molar-refractivity contribution < 1.29 is 9.47 Å². The molecule has 0 saturated carbocycles. The number of methoxy groups -OCH3 is 2. The van der Waals surface area contributed by atoms with E-state index in [0.29, 0.717) is 6.54 Å². The van der Waals surface area contributed by atoms with Gasteiger partial charge in [-0.1, -0.05) is 11.6 Å². The third kappa shape index (κ3) is 3.75. The summed E-state index contributed by atoms with van der Waals surface area (Å²) in [5.41, 5.74) is 0. The minimum atomic E-state index is -0.276. The first-order valence-corrected chi connectivity index (χ1v) is 5.26. The van der Waals surface area contributed by atoms with Crippen LogP contribution in [0.15, 0.2) is 17.1 Å². The molecule has 0 spiro atoms. The van der Waals surface area contributed by atoms with Crippen LogP contribution in [-0.4, -0.2) is 33.3 Å². The highest BCUT2D eigenvalue weighted by molar-refractivity contribution is 7.17. The third-order valence-corrected chi connectivity index (χ3v) is 2.76. The van der Waals surface area contributed by atoms with Gasteiger partial charge in [-0.3, -0.25) is 4.99 Å². The largest absolute Gasteiger partial charge is 0.354 e. The summed E-state index contributed by atoms with van der Waals surface area (Å²) in [6.45, 7) is 0.489. The second-order valence-electron chi connectivity index (χ2n) is 2.54. The van der Waals surface area contributed by atoms with Crippen LogP contribution in [0.1, 0.15) is 4.88 Å². The lowest BCUT2D eigenvalue weighted by Gasteiger charge is -2.08. The van der Waals surface area contributed by atoms with Gasteiger partial charge in [0, 0.05) is 25.3 Å². The van der Waals surface area contributed by atoms with E-state index < -0.39 is 0 Å². The SMILES string of the molecule is COC(CN=Cc1ccc(Cl)s1)OC. The van der Waals surface area contributed by atoms with E-state index in [-0.39, 0.29) is 6.29 Å². The standard InChI is InChI=1S/C9H12ClNO2S/c1-12-9(13-2)6-11-5-7-3-4-8(10)14-7/h3-5,9H,6H2,1-2H3. The van der Waals surface area contributed by atoms with Gasteiger partial charge in [-0.15, -0.1) is 11.3 Å². The lowest BCUT2D eigenvalue weighted by Crippen LogP contribution is -2.16. The molecule has 0 amide bonds. The highest BCUT2D eigenvalue weighted by atomic mass is 35.5. The van der Waals surface area contributed by atoms with Crippen molar-refractivity contribution in [2.75, 3.05) is 20.8 Å². The normalized spacial score (nSPS) is 11.7. The monoisotopic (exact) mass is 233 g/mol. The predicted octanol–water partition coefficient (Wildman–Crippen LogP) is 2.44. The molecule has 1 aromatic heterocycles. The topological polar surface area (TPSA) is 30.8 Å². The molecule has 0 aliphatic carbocycles. The molecule has 0 N–H and O–H groups in total. The maximum Gasteiger partial charge on any atom is 0.176 e. The molecule has 0 fully saturated rings. The van der Waals surface area contributed by atoms with Gasteiger partial charge in [-0.2, -0.15) is 0 Å². The van der Waals surface area contributed by atoms with Crippen molar-refractivity contribution >= 4 is 29.2 Å². The van der Waals surface area contributed by atoms with Crippen molar-refractivity contribution in [3.8, 4) is 0 Å². The molecule has 1 aromatic rings. The zero-order chi connectivity index (χ0) is 10.4. The van der Waals surface area contributed by atoms with Crippen LogP contribution in [0.2, 0.25) is 4.34 Å². The number of ether oxygens (including phenoxy) is 2. The molecule has 0 bridgehead atoms. The van der Waals surface area contributed by atoms with Gasteiger partial charge in [0.25, 0.3) is 0 Å². The average molecular weight is 234 g/mol. The molecule has 0 unspecified atom stereocenters. The Kier molecular flexibility index (Phi) is 5.11. The Labute approximate surface area is 92.3 Å². The van der Waals surface area contributed by atoms with Crippen LogP contribution in [0.4, 0.5) is 0 Å². The lowest BCUT2D eigenvalue weighted by molar-refractivity contribution is -0.0936. The van der Waals surface area contributed by atoms with Crippen molar-refractivity contribution in [3.63, 3.8) is 0 Å².